The average molecular weight is 398 g/mol. The minimum atomic E-state index is -0.00445. The Bertz CT molecular complexity index is 994. The molecule has 1 amide bonds. The number of carbonyl (C=O) groups is 1. The van der Waals surface area contributed by atoms with Crippen LogP contribution < -0.4 is 5.32 Å². The molecule has 3 heterocycles. The van der Waals surface area contributed by atoms with Gasteiger partial charge in [-0.1, -0.05) is 23.9 Å². The minimum Gasteiger partial charge on any atom is -0.351 e. The van der Waals surface area contributed by atoms with Crippen LogP contribution in [0.4, 0.5) is 0 Å². The summed E-state index contributed by atoms with van der Waals surface area (Å²) in [5.41, 5.74) is 4.20. The lowest BCUT2D eigenvalue weighted by molar-refractivity contribution is -0.118. The minimum absolute atomic E-state index is 0.00445. The van der Waals surface area contributed by atoms with Gasteiger partial charge in [-0.25, -0.2) is 4.98 Å². The SMILES string of the molecule is O=C(CSc1nc2ccccc2s1)NCc1cncc(-c2ccsc2)c1. The van der Waals surface area contributed by atoms with Crippen molar-refractivity contribution in [2.75, 3.05) is 5.75 Å². The Morgan fingerprint density at radius 1 is 1.15 bits per heavy atom. The van der Waals surface area contributed by atoms with Gasteiger partial charge in [0.05, 0.1) is 16.0 Å². The third-order valence-corrected chi connectivity index (χ3v) is 6.60. The van der Waals surface area contributed by atoms with E-state index in [0.29, 0.717) is 12.3 Å². The van der Waals surface area contributed by atoms with Crippen molar-refractivity contribution in [2.24, 2.45) is 0 Å². The summed E-state index contributed by atoms with van der Waals surface area (Å²) in [6.07, 6.45) is 3.63. The van der Waals surface area contributed by atoms with Crippen molar-refractivity contribution in [3.63, 3.8) is 0 Å². The van der Waals surface area contributed by atoms with Gasteiger partial charge in [-0.2, -0.15) is 11.3 Å². The number of nitrogens with zero attached hydrogens (tertiary/aromatic N) is 2. The summed E-state index contributed by atoms with van der Waals surface area (Å²) in [5, 5.41) is 7.09. The fourth-order valence-corrected chi connectivity index (χ4v) is 5.03. The smallest absolute Gasteiger partial charge is 0.230 e. The molecule has 4 rings (SSSR count). The molecule has 0 aliphatic heterocycles. The second-order valence-electron chi connectivity index (χ2n) is 5.61. The Labute approximate surface area is 163 Å². The molecule has 0 aliphatic carbocycles. The molecule has 4 nitrogen and oxygen atoms in total. The van der Waals surface area contributed by atoms with Gasteiger partial charge < -0.3 is 5.32 Å². The van der Waals surface area contributed by atoms with Crippen LogP contribution in [0, 0.1) is 0 Å². The first-order valence-electron chi connectivity index (χ1n) is 7.99. The molecule has 0 saturated heterocycles. The third kappa shape index (κ3) is 4.12. The fourth-order valence-electron chi connectivity index (χ4n) is 2.46. The topological polar surface area (TPSA) is 54.9 Å². The summed E-state index contributed by atoms with van der Waals surface area (Å²) in [5.74, 6) is 0.354. The lowest BCUT2D eigenvalue weighted by Gasteiger charge is -2.06. The zero-order chi connectivity index (χ0) is 17.8. The van der Waals surface area contributed by atoms with Gasteiger partial charge in [0.2, 0.25) is 5.91 Å². The molecular formula is C19H15N3OS3. The number of thioether (sulfide) groups is 1. The number of carbonyl (C=O) groups excluding carboxylic acids is 1. The van der Waals surface area contributed by atoms with Crippen LogP contribution in [0.3, 0.4) is 0 Å². The second kappa shape index (κ2) is 7.99. The summed E-state index contributed by atoms with van der Waals surface area (Å²) in [6, 6.07) is 12.1. The molecule has 0 spiro atoms. The van der Waals surface area contributed by atoms with Crippen molar-refractivity contribution in [3.05, 3.63) is 65.1 Å². The molecule has 0 fully saturated rings. The van der Waals surface area contributed by atoms with Crippen LogP contribution in [-0.2, 0) is 11.3 Å². The predicted octanol–water partition coefficient (Wildman–Crippen LogP) is 4.83. The van der Waals surface area contributed by atoms with E-state index in [9.17, 15) is 4.79 Å². The maximum atomic E-state index is 12.1. The molecule has 1 N–H and O–H groups in total. The highest BCUT2D eigenvalue weighted by atomic mass is 32.2. The summed E-state index contributed by atoms with van der Waals surface area (Å²) in [4.78, 5) is 21.0. The summed E-state index contributed by atoms with van der Waals surface area (Å²) >= 11 is 4.75. The largest absolute Gasteiger partial charge is 0.351 e. The number of hydrogen-bond acceptors (Lipinski definition) is 6. The molecule has 0 unspecified atom stereocenters. The molecular weight excluding hydrogens is 382 g/mol. The van der Waals surface area contributed by atoms with Crippen molar-refractivity contribution in [3.8, 4) is 11.1 Å². The van der Waals surface area contributed by atoms with E-state index >= 15 is 0 Å². The third-order valence-electron chi connectivity index (χ3n) is 3.74. The Morgan fingerprint density at radius 3 is 2.92 bits per heavy atom. The first-order chi connectivity index (χ1) is 12.8. The van der Waals surface area contributed by atoms with Gasteiger partial charge in [0, 0.05) is 24.5 Å². The molecule has 0 bridgehead atoms. The van der Waals surface area contributed by atoms with Crippen LogP contribution in [0.5, 0.6) is 0 Å². The van der Waals surface area contributed by atoms with E-state index in [1.54, 1.807) is 28.9 Å². The number of fused-ring (bicyclic) bond motifs is 1. The number of benzene rings is 1. The van der Waals surface area contributed by atoms with E-state index < -0.39 is 0 Å². The van der Waals surface area contributed by atoms with Crippen molar-refractivity contribution < 1.29 is 4.79 Å². The number of rotatable bonds is 6. The maximum absolute atomic E-state index is 12.1. The Kier molecular flexibility index (Phi) is 5.29. The molecule has 0 saturated carbocycles. The quantitative estimate of drug-likeness (QED) is 0.474. The van der Waals surface area contributed by atoms with Gasteiger partial charge in [0.25, 0.3) is 0 Å². The molecule has 0 aliphatic rings. The Hall–Kier alpha value is -2.22. The van der Waals surface area contributed by atoms with Crippen LogP contribution in [0.1, 0.15) is 5.56 Å². The van der Waals surface area contributed by atoms with Crippen LogP contribution >= 0.6 is 34.4 Å². The predicted molar refractivity (Wildman–Crippen MR) is 110 cm³/mol. The van der Waals surface area contributed by atoms with Crippen molar-refractivity contribution >= 4 is 50.6 Å². The number of nitrogens with one attached hydrogen (secondary N) is 1. The van der Waals surface area contributed by atoms with Crippen LogP contribution in [0.25, 0.3) is 21.3 Å². The first-order valence-corrected chi connectivity index (χ1v) is 10.7. The van der Waals surface area contributed by atoms with E-state index in [0.717, 1.165) is 31.2 Å². The molecule has 7 heteroatoms. The van der Waals surface area contributed by atoms with Crippen LogP contribution in [0.2, 0.25) is 0 Å². The fraction of sp³-hybridized carbons (Fsp3) is 0.105. The number of amides is 1. The molecule has 4 aromatic rings. The van der Waals surface area contributed by atoms with Crippen LogP contribution in [-0.4, -0.2) is 21.6 Å². The van der Waals surface area contributed by atoms with Crippen molar-refractivity contribution in [1.29, 1.82) is 0 Å². The second-order valence-corrected chi connectivity index (χ2v) is 8.64. The first kappa shape index (κ1) is 17.2. The summed E-state index contributed by atoms with van der Waals surface area (Å²) < 4.78 is 2.06. The zero-order valence-electron chi connectivity index (χ0n) is 13.7. The van der Waals surface area contributed by atoms with Gasteiger partial charge in [0.15, 0.2) is 4.34 Å². The molecule has 26 heavy (non-hydrogen) atoms. The van der Waals surface area contributed by atoms with E-state index in [1.807, 2.05) is 35.8 Å². The monoisotopic (exact) mass is 397 g/mol. The molecule has 0 atom stereocenters. The Balaban J connectivity index is 1.32. The van der Waals surface area contributed by atoms with E-state index in [1.165, 1.54) is 11.8 Å². The highest BCUT2D eigenvalue weighted by Gasteiger charge is 2.08. The molecule has 0 radical (unpaired) electrons. The highest BCUT2D eigenvalue weighted by molar-refractivity contribution is 8.01. The lowest BCUT2D eigenvalue weighted by Crippen LogP contribution is -2.24. The normalized spacial score (nSPS) is 10.9. The van der Waals surface area contributed by atoms with Gasteiger partial charge in [-0.15, -0.1) is 11.3 Å². The van der Waals surface area contributed by atoms with Crippen molar-refractivity contribution in [1.82, 2.24) is 15.3 Å². The molecule has 130 valence electrons. The van der Waals surface area contributed by atoms with Gasteiger partial charge in [-0.05, 0) is 46.2 Å². The van der Waals surface area contributed by atoms with E-state index in [-0.39, 0.29) is 5.91 Å². The maximum Gasteiger partial charge on any atom is 0.230 e. The number of thiophene rings is 1. The number of pyridine rings is 1. The molecule has 3 aromatic heterocycles. The summed E-state index contributed by atoms with van der Waals surface area (Å²) in [6.45, 7) is 0.476. The van der Waals surface area contributed by atoms with Crippen LogP contribution in [0.15, 0.2) is 63.9 Å². The molecule has 1 aromatic carbocycles. The number of aromatic nitrogens is 2. The number of thiazole rings is 1. The average Bonchev–Trinajstić information content (AvgIpc) is 3.34. The Morgan fingerprint density at radius 2 is 2.08 bits per heavy atom. The van der Waals surface area contributed by atoms with E-state index in [4.69, 9.17) is 0 Å². The standard InChI is InChI=1S/C19H15N3OS3/c23-18(12-25-19-22-16-3-1-2-4-17(16)26-19)21-9-13-7-15(10-20-8-13)14-5-6-24-11-14/h1-8,10-11H,9,12H2,(H,21,23). The number of hydrogen-bond donors (Lipinski definition) is 1. The van der Waals surface area contributed by atoms with Gasteiger partial charge in [-0.3, -0.25) is 9.78 Å². The summed E-state index contributed by atoms with van der Waals surface area (Å²) in [7, 11) is 0. The lowest BCUT2D eigenvalue weighted by atomic mass is 10.1. The zero-order valence-corrected chi connectivity index (χ0v) is 16.2. The van der Waals surface area contributed by atoms with E-state index in [2.05, 4.69) is 32.8 Å². The number of para-hydroxylation sites is 1. The van der Waals surface area contributed by atoms with Gasteiger partial charge in [0.1, 0.15) is 0 Å². The van der Waals surface area contributed by atoms with Crippen molar-refractivity contribution in [2.45, 2.75) is 10.9 Å². The van der Waals surface area contributed by atoms with Gasteiger partial charge >= 0.3 is 0 Å². The highest BCUT2D eigenvalue weighted by Crippen LogP contribution is 2.29.